The summed E-state index contributed by atoms with van der Waals surface area (Å²) in [6.45, 7) is 2.01. The summed E-state index contributed by atoms with van der Waals surface area (Å²) in [5.74, 6) is -0.710. The third kappa shape index (κ3) is 4.40. The molecule has 0 saturated heterocycles. The molecule has 3 nitrogen and oxygen atoms in total. The van der Waals surface area contributed by atoms with Gasteiger partial charge in [0.05, 0.1) is 0 Å². The van der Waals surface area contributed by atoms with Crippen molar-refractivity contribution in [3.63, 3.8) is 0 Å². The first-order valence-corrected chi connectivity index (χ1v) is 6.52. The molecule has 0 spiro atoms. The summed E-state index contributed by atoms with van der Waals surface area (Å²) in [4.78, 5) is 14.5. The molecule has 1 heterocycles. The number of hydrogen-bond donors (Lipinski definition) is 1. The molecule has 0 amide bonds. The molecule has 0 aromatic carbocycles. The summed E-state index contributed by atoms with van der Waals surface area (Å²) in [7, 11) is 0. The van der Waals surface area contributed by atoms with E-state index in [-0.39, 0.29) is 6.42 Å². The molecule has 0 saturated carbocycles. The average molecular weight is 258 g/mol. The molecule has 0 aliphatic carbocycles. The van der Waals surface area contributed by atoms with Crippen LogP contribution in [-0.2, 0) is 4.79 Å². The number of hydrogen-bond acceptors (Lipinski definition) is 2. The molecule has 0 aliphatic heterocycles. The van der Waals surface area contributed by atoms with E-state index in [1.807, 2.05) is 25.3 Å². The topological polar surface area (TPSA) is 50.2 Å². The average Bonchev–Trinajstić information content (AvgIpc) is 2.15. The maximum atomic E-state index is 10.2. The predicted molar refractivity (Wildman–Crippen MR) is 56.0 cm³/mol. The quantitative estimate of drug-likeness (QED) is 0.633. The third-order valence-corrected chi connectivity index (χ3v) is 3.83. The molecular weight excluding hydrogens is 245 g/mol. The Balaban J connectivity index is 2.25. The number of aromatic nitrogens is 1. The molecule has 0 atom stereocenters. The number of nitrogens with zero attached hydrogens (tertiary/aromatic N) is 1. The molecule has 1 rings (SSSR count). The fraction of sp³-hybridized carbons (Fsp3) is 0.400. The van der Waals surface area contributed by atoms with Crippen molar-refractivity contribution in [1.82, 2.24) is 4.98 Å². The van der Waals surface area contributed by atoms with E-state index in [2.05, 4.69) is 4.98 Å². The summed E-state index contributed by atoms with van der Waals surface area (Å²) >= 11 is 0.323. The normalized spacial score (nSPS) is 10.1. The van der Waals surface area contributed by atoms with E-state index in [0.717, 1.165) is 21.9 Å². The van der Waals surface area contributed by atoms with Crippen LogP contribution in [0.1, 0.15) is 18.4 Å². The number of rotatable bonds is 5. The zero-order chi connectivity index (χ0) is 10.4. The third-order valence-electron chi connectivity index (χ3n) is 1.67. The van der Waals surface area contributed by atoms with Crippen LogP contribution in [0.15, 0.2) is 18.3 Å². The second kappa shape index (κ2) is 5.78. The molecule has 14 heavy (non-hydrogen) atoms. The van der Waals surface area contributed by atoms with Crippen LogP contribution in [0.5, 0.6) is 0 Å². The fourth-order valence-corrected chi connectivity index (χ4v) is 2.60. The van der Waals surface area contributed by atoms with Crippen LogP contribution in [0.3, 0.4) is 0 Å². The van der Waals surface area contributed by atoms with Crippen LogP contribution >= 0.6 is 0 Å². The van der Waals surface area contributed by atoms with Crippen LogP contribution in [-0.4, -0.2) is 31.0 Å². The zero-order valence-electron chi connectivity index (χ0n) is 8.06. The van der Waals surface area contributed by atoms with Gasteiger partial charge in [-0.15, -0.1) is 0 Å². The maximum absolute atomic E-state index is 10.2. The van der Waals surface area contributed by atoms with E-state index in [9.17, 15) is 4.79 Å². The van der Waals surface area contributed by atoms with Gasteiger partial charge in [-0.25, -0.2) is 0 Å². The van der Waals surface area contributed by atoms with Crippen molar-refractivity contribution in [3.8, 4) is 0 Å². The van der Waals surface area contributed by atoms with Gasteiger partial charge in [0.15, 0.2) is 0 Å². The van der Waals surface area contributed by atoms with E-state index in [4.69, 9.17) is 5.11 Å². The molecular formula is C10H13NO2Se. The molecule has 1 aromatic rings. The number of carbonyl (C=O) groups is 1. The summed E-state index contributed by atoms with van der Waals surface area (Å²) in [5, 5.41) is 9.39. The van der Waals surface area contributed by atoms with Crippen molar-refractivity contribution in [1.29, 1.82) is 0 Å². The second-order valence-electron chi connectivity index (χ2n) is 3.02. The molecule has 4 heteroatoms. The molecule has 1 N–H and O–H groups in total. The van der Waals surface area contributed by atoms with Gasteiger partial charge in [0.1, 0.15) is 0 Å². The molecule has 76 valence electrons. The van der Waals surface area contributed by atoms with E-state index < -0.39 is 5.97 Å². The monoisotopic (exact) mass is 259 g/mol. The van der Waals surface area contributed by atoms with Gasteiger partial charge in [0, 0.05) is 0 Å². The van der Waals surface area contributed by atoms with Gasteiger partial charge in [0.2, 0.25) is 0 Å². The van der Waals surface area contributed by atoms with E-state index >= 15 is 0 Å². The van der Waals surface area contributed by atoms with Crippen molar-refractivity contribution in [3.05, 3.63) is 23.9 Å². The minimum absolute atomic E-state index is 0.271. The van der Waals surface area contributed by atoms with Gasteiger partial charge < -0.3 is 0 Å². The summed E-state index contributed by atoms with van der Waals surface area (Å²) < 4.78 is 1.11. The minimum atomic E-state index is -0.710. The van der Waals surface area contributed by atoms with Crippen molar-refractivity contribution in [2.45, 2.75) is 25.1 Å². The second-order valence-corrected chi connectivity index (χ2v) is 5.36. The zero-order valence-corrected chi connectivity index (χ0v) is 9.78. The predicted octanol–water partition coefficient (Wildman–Crippen LogP) is 1.00. The van der Waals surface area contributed by atoms with Gasteiger partial charge in [-0.05, 0) is 0 Å². The van der Waals surface area contributed by atoms with Gasteiger partial charge in [-0.2, -0.15) is 0 Å². The first kappa shape index (κ1) is 11.2. The Labute approximate surface area is 89.7 Å². The molecule has 0 unspecified atom stereocenters. The molecule has 0 radical (unpaired) electrons. The Bertz CT molecular complexity index is 297. The van der Waals surface area contributed by atoms with Crippen molar-refractivity contribution in [2.75, 3.05) is 0 Å². The van der Waals surface area contributed by atoms with Crippen LogP contribution in [0.4, 0.5) is 0 Å². The number of aryl methyl sites for hydroxylation is 1. The SMILES string of the molecule is Cc1ccc([Se]CCCC(=O)O)nc1. The Morgan fingerprint density at radius 3 is 2.93 bits per heavy atom. The number of carboxylic acid groups (broad SMARTS) is 1. The fourth-order valence-electron chi connectivity index (χ4n) is 0.940. The molecule has 0 fully saturated rings. The summed E-state index contributed by atoms with van der Waals surface area (Å²) in [6.07, 6.45) is 2.88. The van der Waals surface area contributed by atoms with Crippen LogP contribution < -0.4 is 4.59 Å². The van der Waals surface area contributed by atoms with Gasteiger partial charge in [-0.3, -0.25) is 0 Å². The van der Waals surface area contributed by atoms with E-state index in [1.165, 1.54) is 0 Å². The first-order valence-electron chi connectivity index (χ1n) is 4.46. The van der Waals surface area contributed by atoms with Crippen molar-refractivity contribution in [2.24, 2.45) is 0 Å². The number of carboxylic acids is 1. The Morgan fingerprint density at radius 1 is 1.57 bits per heavy atom. The van der Waals surface area contributed by atoms with Crippen LogP contribution in [0.25, 0.3) is 0 Å². The summed E-state index contributed by atoms with van der Waals surface area (Å²) in [6, 6.07) is 4.07. The van der Waals surface area contributed by atoms with Crippen LogP contribution in [0, 0.1) is 6.92 Å². The van der Waals surface area contributed by atoms with Gasteiger partial charge >= 0.3 is 89.4 Å². The Hall–Kier alpha value is -0.861. The molecule has 0 aliphatic rings. The Kier molecular flexibility index (Phi) is 4.63. The van der Waals surface area contributed by atoms with E-state index in [1.54, 1.807) is 0 Å². The number of pyridine rings is 1. The Morgan fingerprint density at radius 2 is 2.36 bits per heavy atom. The van der Waals surface area contributed by atoms with Gasteiger partial charge in [0.25, 0.3) is 0 Å². The van der Waals surface area contributed by atoms with Crippen molar-refractivity contribution < 1.29 is 9.90 Å². The molecule has 0 bridgehead atoms. The number of aliphatic carboxylic acids is 1. The first-order chi connectivity index (χ1) is 6.68. The van der Waals surface area contributed by atoms with Crippen molar-refractivity contribution >= 4 is 25.5 Å². The summed E-state index contributed by atoms with van der Waals surface area (Å²) in [5.41, 5.74) is 1.16. The van der Waals surface area contributed by atoms with Crippen LogP contribution in [0.2, 0.25) is 5.32 Å². The van der Waals surface area contributed by atoms with Gasteiger partial charge in [-0.1, -0.05) is 0 Å². The molecule has 1 aromatic heterocycles. The van der Waals surface area contributed by atoms with E-state index in [0.29, 0.717) is 15.0 Å². The standard InChI is InChI=1S/C10H13NO2Se/c1-8-4-5-9(11-7-8)14-6-2-3-10(12)13/h4-5,7H,2-3,6H2,1H3,(H,12,13).